The van der Waals surface area contributed by atoms with Crippen LogP contribution in [-0.2, 0) is 6.54 Å². The third-order valence-corrected chi connectivity index (χ3v) is 3.50. The van der Waals surface area contributed by atoms with Gasteiger partial charge in [-0.3, -0.25) is 0 Å². The van der Waals surface area contributed by atoms with Crippen molar-refractivity contribution in [3.05, 3.63) is 5.89 Å². The van der Waals surface area contributed by atoms with Gasteiger partial charge in [0.1, 0.15) is 0 Å². The number of hydrogen-bond acceptors (Lipinski definition) is 5. The molecule has 1 aliphatic rings. The van der Waals surface area contributed by atoms with E-state index in [9.17, 15) is 0 Å². The van der Waals surface area contributed by atoms with Gasteiger partial charge in [-0.15, -0.1) is 5.10 Å². The molecule has 1 unspecified atom stereocenters. The number of hydrogen-bond donors (Lipinski definition) is 2. The van der Waals surface area contributed by atoms with E-state index in [2.05, 4.69) is 27.8 Å². The quantitative estimate of drug-likeness (QED) is 0.823. The fourth-order valence-electron chi connectivity index (χ4n) is 2.48. The molecule has 1 aromatic heterocycles. The number of nitrogens with zero attached hydrogens (tertiary/aromatic N) is 2. The summed E-state index contributed by atoms with van der Waals surface area (Å²) in [4.78, 5) is 0. The Kier molecular flexibility index (Phi) is 4.36. The molecule has 0 spiro atoms. The van der Waals surface area contributed by atoms with Crippen molar-refractivity contribution in [2.75, 3.05) is 12.4 Å². The van der Waals surface area contributed by atoms with Crippen LogP contribution >= 0.6 is 0 Å². The normalized spacial score (nSPS) is 19.2. The first-order valence-corrected chi connectivity index (χ1v) is 6.53. The molecule has 1 fully saturated rings. The number of anilines is 1. The van der Waals surface area contributed by atoms with Crippen molar-refractivity contribution in [3.8, 4) is 0 Å². The highest BCUT2D eigenvalue weighted by molar-refractivity contribution is 5.19. The van der Waals surface area contributed by atoms with Crippen molar-refractivity contribution in [1.82, 2.24) is 15.5 Å². The van der Waals surface area contributed by atoms with E-state index in [4.69, 9.17) is 4.42 Å². The molecule has 0 aromatic carbocycles. The first kappa shape index (κ1) is 12.4. The predicted octanol–water partition coefficient (Wildman–Crippen LogP) is 2.17. The highest BCUT2D eigenvalue weighted by Crippen LogP contribution is 2.27. The average Bonchev–Trinajstić information content (AvgIpc) is 2.78. The Labute approximate surface area is 102 Å². The predicted molar refractivity (Wildman–Crippen MR) is 66.7 cm³/mol. The van der Waals surface area contributed by atoms with Gasteiger partial charge in [-0.05, 0) is 32.7 Å². The molecule has 1 aromatic rings. The second kappa shape index (κ2) is 6.00. The van der Waals surface area contributed by atoms with Crippen LogP contribution in [-0.4, -0.2) is 23.3 Å². The van der Waals surface area contributed by atoms with Crippen LogP contribution in [0.15, 0.2) is 4.42 Å². The van der Waals surface area contributed by atoms with E-state index in [-0.39, 0.29) is 0 Å². The van der Waals surface area contributed by atoms with Crippen molar-refractivity contribution >= 4 is 6.01 Å². The summed E-state index contributed by atoms with van der Waals surface area (Å²) < 4.78 is 5.49. The Morgan fingerprint density at radius 3 is 2.76 bits per heavy atom. The minimum absolute atomic E-state index is 0.415. The monoisotopic (exact) mass is 238 g/mol. The van der Waals surface area contributed by atoms with E-state index in [1.165, 1.54) is 32.1 Å². The molecule has 0 radical (unpaired) electrons. The summed E-state index contributed by atoms with van der Waals surface area (Å²) in [7, 11) is 1.86. The first-order valence-electron chi connectivity index (χ1n) is 6.53. The Morgan fingerprint density at radius 2 is 2.06 bits per heavy atom. The van der Waals surface area contributed by atoms with E-state index in [0.717, 1.165) is 5.92 Å². The highest BCUT2D eigenvalue weighted by atomic mass is 16.4. The van der Waals surface area contributed by atoms with Gasteiger partial charge in [0, 0.05) is 6.04 Å². The van der Waals surface area contributed by atoms with Gasteiger partial charge >= 0.3 is 6.01 Å². The Balaban J connectivity index is 1.85. The fourth-order valence-corrected chi connectivity index (χ4v) is 2.48. The van der Waals surface area contributed by atoms with Crippen LogP contribution in [0.4, 0.5) is 6.01 Å². The molecule has 2 N–H and O–H groups in total. The average molecular weight is 238 g/mol. The zero-order valence-electron chi connectivity index (χ0n) is 10.7. The topological polar surface area (TPSA) is 63.0 Å². The van der Waals surface area contributed by atoms with Crippen LogP contribution < -0.4 is 10.6 Å². The summed E-state index contributed by atoms with van der Waals surface area (Å²) in [5, 5.41) is 14.3. The first-order chi connectivity index (χ1) is 8.29. The Morgan fingerprint density at radius 1 is 1.29 bits per heavy atom. The minimum atomic E-state index is 0.415. The molecule has 0 bridgehead atoms. The SMILES string of the molecule is CNCc1nnc(NC(C)C2CCCCC2)o1. The van der Waals surface area contributed by atoms with Crippen LogP contribution in [0.1, 0.15) is 44.9 Å². The van der Waals surface area contributed by atoms with Gasteiger partial charge in [0.05, 0.1) is 6.54 Å². The second-order valence-corrected chi connectivity index (χ2v) is 4.86. The number of nitrogens with one attached hydrogen (secondary N) is 2. The number of rotatable bonds is 5. The maximum Gasteiger partial charge on any atom is 0.315 e. The third kappa shape index (κ3) is 3.43. The maximum atomic E-state index is 5.49. The van der Waals surface area contributed by atoms with Crippen LogP contribution in [0.3, 0.4) is 0 Å². The summed E-state index contributed by atoms with van der Waals surface area (Å²) in [5.41, 5.74) is 0. The molecule has 5 nitrogen and oxygen atoms in total. The molecule has 0 amide bonds. The van der Waals surface area contributed by atoms with Crippen LogP contribution in [0.5, 0.6) is 0 Å². The summed E-state index contributed by atoms with van der Waals surface area (Å²) in [5.74, 6) is 1.37. The molecule has 1 heterocycles. The van der Waals surface area contributed by atoms with Crippen molar-refractivity contribution in [3.63, 3.8) is 0 Å². The van der Waals surface area contributed by atoms with E-state index >= 15 is 0 Å². The van der Waals surface area contributed by atoms with Gasteiger partial charge in [-0.25, -0.2) is 0 Å². The van der Waals surface area contributed by atoms with Gasteiger partial charge in [0.2, 0.25) is 5.89 Å². The highest BCUT2D eigenvalue weighted by Gasteiger charge is 2.21. The van der Waals surface area contributed by atoms with E-state index in [1.54, 1.807) is 0 Å². The van der Waals surface area contributed by atoms with Crippen LogP contribution in [0, 0.1) is 5.92 Å². The summed E-state index contributed by atoms with van der Waals surface area (Å²) >= 11 is 0. The third-order valence-electron chi connectivity index (χ3n) is 3.50. The molecule has 17 heavy (non-hydrogen) atoms. The lowest BCUT2D eigenvalue weighted by molar-refractivity contribution is 0.324. The van der Waals surface area contributed by atoms with Crippen molar-refractivity contribution in [1.29, 1.82) is 0 Å². The maximum absolute atomic E-state index is 5.49. The molecule has 0 aliphatic heterocycles. The minimum Gasteiger partial charge on any atom is -0.407 e. The van der Waals surface area contributed by atoms with Gasteiger partial charge in [0.25, 0.3) is 0 Å². The molecule has 96 valence electrons. The summed E-state index contributed by atoms with van der Waals surface area (Å²) in [6.07, 6.45) is 6.71. The largest absolute Gasteiger partial charge is 0.407 e. The molecule has 2 rings (SSSR count). The lowest BCUT2D eigenvalue weighted by Crippen LogP contribution is -2.27. The van der Waals surface area contributed by atoms with Gasteiger partial charge in [-0.2, -0.15) is 0 Å². The van der Waals surface area contributed by atoms with Crippen LogP contribution in [0.2, 0.25) is 0 Å². The molecular formula is C12H22N4O. The molecule has 5 heteroatoms. The molecule has 1 atom stereocenters. The smallest absolute Gasteiger partial charge is 0.315 e. The standard InChI is InChI=1S/C12H22N4O/c1-9(10-6-4-3-5-7-10)14-12-16-15-11(17-12)8-13-2/h9-10,13H,3-8H2,1-2H3,(H,14,16). The Bertz CT molecular complexity index is 333. The molecule has 0 saturated heterocycles. The lowest BCUT2D eigenvalue weighted by atomic mass is 9.85. The lowest BCUT2D eigenvalue weighted by Gasteiger charge is -2.27. The fraction of sp³-hybridized carbons (Fsp3) is 0.833. The summed E-state index contributed by atoms with van der Waals surface area (Å²) in [6, 6.07) is 0.964. The van der Waals surface area contributed by atoms with Gasteiger partial charge in [-0.1, -0.05) is 24.4 Å². The molecular weight excluding hydrogens is 216 g/mol. The molecule has 1 aliphatic carbocycles. The van der Waals surface area contributed by atoms with E-state index in [0.29, 0.717) is 24.5 Å². The zero-order chi connectivity index (χ0) is 12.1. The van der Waals surface area contributed by atoms with Crippen LogP contribution in [0.25, 0.3) is 0 Å². The zero-order valence-corrected chi connectivity index (χ0v) is 10.7. The number of aromatic nitrogens is 2. The van der Waals surface area contributed by atoms with E-state index in [1.807, 2.05) is 7.05 Å². The van der Waals surface area contributed by atoms with E-state index < -0.39 is 0 Å². The van der Waals surface area contributed by atoms with Crippen molar-refractivity contribution < 1.29 is 4.42 Å². The van der Waals surface area contributed by atoms with Crippen molar-refractivity contribution in [2.45, 2.75) is 51.6 Å². The second-order valence-electron chi connectivity index (χ2n) is 4.86. The van der Waals surface area contributed by atoms with Gasteiger partial charge < -0.3 is 15.1 Å². The van der Waals surface area contributed by atoms with Gasteiger partial charge in [0.15, 0.2) is 0 Å². The molecule has 1 saturated carbocycles. The summed E-state index contributed by atoms with van der Waals surface area (Å²) in [6.45, 7) is 2.82. The van der Waals surface area contributed by atoms with Crippen molar-refractivity contribution in [2.24, 2.45) is 5.92 Å². The Hall–Kier alpha value is -1.10.